The molecule has 100 valence electrons. The summed E-state index contributed by atoms with van der Waals surface area (Å²) in [5.74, 6) is 3.01. The van der Waals surface area contributed by atoms with Gasteiger partial charge in [0, 0.05) is 11.6 Å². The maximum atomic E-state index is 5.88. The van der Waals surface area contributed by atoms with E-state index in [1.165, 1.54) is 38.5 Å². The Balaban J connectivity index is 2.02. The van der Waals surface area contributed by atoms with Crippen LogP contribution >= 0.6 is 11.6 Å². The fraction of sp³-hybridized carbons (Fsp3) is 0.733. The minimum atomic E-state index is 0.488. The van der Waals surface area contributed by atoms with Crippen LogP contribution in [0, 0.1) is 12.8 Å². The van der Waals surface area contributed by atoms with Crippen LogP contribution in [-0.2, 0) is 5.88 Å². The maximum Gasteiger partial charge on any atom is 0.131 e. The van der Waals surface area contributed by atoms with Crippen molar-refractivity contribution in [1.29, 1.82) is 0 Å². The quantitative estimate of drug-likeness (QED) is 0.745. The first kappa shape index (κ1) is 13.8. The molecular formula is C15H23ClN2. The van der Waals surface area contributed by atoms with E-state index in [0.717, 1.165) is 23.1 Å². The van der Waals surface area contributed by atoms with Crippen LogP contribution in [0.1, 0.15) is 68.6 Å². The first-order valence-corrected chi connectivity index (χ1v) is 7.66. The summed E-state index contributed by atoms with van der Waals surface area (Å²) in [6.07, 6.45) is 7.87. The molecule has 2 nitrogen and oxygen atoms in total. The molecule has 1 aromatic rings. The van der Waals surface area contributed by atoms with Crippen molar-refractivity contribution in [3.8, 4) is 0 Å². The standard InChI is InChI=1S/C15H23ClN2/c1-3-4-12-5-7-13(8-6-12)15-17-11(2)9-14(10-16)18-15/h9,12-13H,3-8,10H2,1-2H3. The molecule has 0 N–H and O–H groups in total. The predicted molar refractivity (Wildman–Crippen MR) is 75.9 cm³/mol. The van der Waals surface area contributed by atoms with Crippen LogP contribution in [0.15, 0.2) is 6.07 Å². The summed E-state index contributed by atoms with van der Waals surface area (Å²) >= 11 is 5.88. The second-order valence-corrected chi connectivity index (χ2v) is 5.77. The van der Waals surface area contributed by atoms with Gasteiger partial charge in [-0.1, -0.05) is 19.8 Å². The van der Waals surface area contributed by atoms with E-state index >= 15 is 0 Å². The van der Waals surface area contributed by atoms with Gasteiger partial charge in [0.1, 0.15) is 5.82 Å². The predicted octanol–water partition coefficient (Wildman–Crippen LogP) is 4.60. The zero-order chi connectivity index (χ0) is 13.0. The van der Waals surface area contributed by atoms with E-state index in [2.05, 4.69) is 16.9 Å². The third kappa shape index (κ3) is 3.44. The van der Waals surface area contributed by atoms with Crippen molar-refractivity contribution in [3.05, 3.63) is 23.3 Å². The minimum Gasteiger partial charge on any atom is -0.238 e. The molecule has 0 unspecified atom stereocenters. The third-order valence-corrected chi connectivity index (χ3v) is 4.24. The van der Waals surface area contributed by atoms with Gasteiger partial charge in [-0.05, 0) is 44.6 Å². The molecule has 1 aliphatic rings. The molecule has 0 bridgehead atoms. The van der Waals surface area contributed by atoms with Crippen molar-refractivity contribution in [2.45, 2.75) is 64.2 Å². The van der Waals surface area contributed by atoms with Gasteiger partial charge in [-0.25, -0.2) is 9.97 Å². The molecule has 0 atom stereocenters. The average molecular weight is 267 g/mol. The van der Waals surface area contributed by atoms with Gasteiger partial charge in [0.25, 0.3) is 0 Å². The van der Waals surface area contributed by atoms with E-state index in [1.807, 2.05) is 13.0 Å². The summed E-state index contributed by atoms with van der Waals surface area (Å²) < 4.78 is 0. The number of nitrogens with zero attached hydrogens (tertiary/aromatic N) is 2. The van der Waals surface area contributed by atoms with E-state index in [4.69, 9.17) is 11.6 Å². The van der Waals surface area contributed by atoms with Gasteiger partial charge in [0.05, 0.1) is 11.6 Å². The zero-order valence-corrected chi connectivity index (χ0v) is 12.2. The maximum absolute atomic E-state index is 5.88. The molecule has 0 amide bonds. The van der Waals surface area contributed by atoms with Crippen LogP contribution in [-0.4, -0.2) is 9.97 Å². The highest BCUT2D eigenvalue weighted by molar-refractivity contribution is 6.16. The lowest BCUT2D eigenvalue weighted by molar-refractivity contribution is 0.302. The van der Waals surface area contributed by atoms with Crippen molar-refractivity contribution >= 4 is 11.6 Å². The molecule has 0 radical (unpaired) electrons. The molecule has 1 aliphatic carbocycles. The van der Waals surface area contributed by atoms with Crippen molar-refractivity contribution in [2.75, 3.05) is 0 Å². The fourth-order valence-electron chi connectivity index (χ4n) is 3.03. The normalized spacial score (nSPS) is 24.2. The number of hydrogen-bond acceptors (Lipinski definition) is 2. The van der Waals surface area contributed by atoms with Gasteiger partial charge in [0.2, 0.25) is 0 Å². The van der Waals surface area contributed by atoms with Crippen molar-refractivity contribution in [2.24, 2.45) is 5.92 Å². The number of aromatic nitrogens is 2. The van der Waals surface area contributed by atoms with Gasteiger partial charge in [0.15, 0.2) is 0 Å². The summed E-state index contributed by atoms with van der Waals surface area (Å²) in [7, 11) is 0. The lowest BCUT2D eigenvalue weighted by Crippen LogP contribution is -2.16. The van der Waals surface area contributed by atoms with E-state index in [9.17, 15) is 0 Å². The van der Waals surface area contributed by atoms with Crippen LogP contribution in [0.5, 0.6) is 0 Å². The Morgan fingerprint density at radius 3 is 2.56 bits per heavy atom. The molecule has 0 saturated heterocycles. The summed E-state index contributed by atoms with van der Waals surface area (Å²) in [4.78, 5) is 9.21. The van der Waals surface area contributed by atoms with Crippen LogP contribution in [0.4, 0.5) is 0 Å². The first-order valence-electron chi connectivity index (χ1n) is 7.13. The molecule has 1 aromatic heterocycles. The highest BCUT2D eigenvalue weighted by Gasteiger charge is 2.24. The van der Waals surface area contributed by atoms with Crippen LogP contribution in [0.25, 0.3) is 0 Å². The zero-order valence-electron chi connectivity index (χ0n) is 11.5. The SMILES string of the molecule is CCCC1CCC(c2nc(C)cc(CCl)n2)CC1. The van der Waals surface area contributed by atoms with Crippen molar-refractivity contribution < 1.29 is 0 Å². The van der Waals surface area contributed by atoms with E-state index in [1.54, 1.807) is 0 Å². The molecule has 1 saturated carbocycles. The monoisotopic (exact) mass is 266 g/mol. The van der Waals surface area contributed by atoms with Crippen LogP contribution in [0.3, 0.4) is 0 Å². The number of halogens is 1. The van der Waals surface area contributed by atoms with Crippen LogP contribution in [0.2, 0.25) is 0 Å². The largest absolute Gasteiger partial charge is 0.238 e. The molecule has 18 heavy (non-hydrogen) atoms. The van der Waals surface area contributed by atoms with E-state index < -0.39 is 0 Å². The summed E-state index contributed by atoms with van der Waals surface area (Å²) in [6.45, 7) is 4.31. The summed E-state index contributed by atoms with van der Waals surface area (Å²) in [6, 6.07) is 1.99. The van der Waals surface area contributed by atoms with Gasteiger partial charge < -0.3 is 0 Å². The molecule has 3 heteroatoms. The van der Waals surface area contributed by atoms with Crippen molar-refractivity contribution in [3.63, 3.8) is 0 Å². The van der Waals surface area contributed by atoms with Gasteiger partial charge in [-0.2, -0.15) is 0 Å². The topological polar surface area (TPSA) is 25.8 Å². The molecule has 0 spiro atoms. The third-order valence-electron chi connectivity index (χ3n) is 3.97. The number of hydrogen-bond donors (Lipinski definition) is 0. The molecular weight excluding hydrogens is 244 g/mol. The average Bonchev–Trinajstić information content (AvgIpc) is 2.39. The smallest absolute Gasteiger partial charge is 0.131 e. The molecule has 2 rings (SSSR count). The van der Waals surface area contributed by atoms with E-state index in [-0.39, 0.29) is 0 Å². The number of aryl methyl sites for hydroxylation is 1. The summed E-state index contributed by atoms with van der Waals surface area (Å²) in [5, 5.41) is 0. The number of alkyl halides is 1. The summed E-state index contributed by atoms with van der Waals surface area (Å²) in [5.41, 5.74) is 2.01. The van der Waals surface area contributed by atoms with Gasteiger partial charge in [-0.15, -0.1) is 11.6 Å². The van der Waals surface area contributed by atoms with Gasteiger partial charge >= 0.3 is 0 Å². The highest BCUT2D eigenvalue weighted by Crippen LogP contribution is 2.36. The number of rotatable bonds is 4. The Hall–Kier alpha value is -0.630. The Bertz CT molecular complexity index is 384. The lowest BCUT2D eigenvalue weighted by Gasteiger charge is -2.27. The Kier molecular flexibility index (Phi) is 4.99. The van der Waals surface area contributed by atoms with E-state index in [0.29, 0.717) is 11.8 Å². The fourth-order valence-corrected chi connectivity index (χ4v) is 3.16. The molecule has 0 aliphatic heterocycles. The Morgan fingerprint density at radius 2 is 1.94 bits per heavy atom. The first-order chi connectivity index (χ1) is 8.72. The Morgan fingerprint density at radius 1 is 1.22 bits per heavy atom. The second-order valence-electron chi connectivity index (χ2n) is 5.50. The highest BCUT2D eigenvalue weighted by atomic mass is 35.5. The molecule has 0 aromatic carbocycles. The van der Waals surface area contributed by atoms with Crippen LogP contribution < -0.4 is 0 Å². The second kappa shape index (κ2) is 6.51. The van der Waals surface area contributed by atoms with Gasteiger partial charge in [-0.3, -0.25) is 0 Å². The lowest BCUT2D eigenvalue weighted by atomic mass is 9.80. The minimum absolute atomic E-state index is 0.488. The Labute approximate surface area is 115 Å². The molecule has 1 fully saturated rings. The molecule has 1 heterocycles. The van der Waals surface area contributed by atoms with Crippen molar-refractivity contribution in [1.82, 2.24) is 9.97 Å².